The number of nitrogens with zero attached hydrogens (tertiary/aromatic N) is 1. The molecule has 0 unspecified atom stereocenters. The highest BCUT2D eigenvalue weighted by atomic mass is 16.5. The number of likely N-dealkylation sites (tertiary alicyclic amines) is 1. The van der Waals surface area contributed by atoms with E-state index in [4.69, 9.17) is 9.84 Å². The summed E-state index contributed by atoms with van der Waals surface area (Å²) in [6.45, 7) is 1.24. The molecular weight excluding hydrogens is 218 g/mol. The molecular formula is C13H17NO3. The standard InChI is InChI=1S/C13H17NO3/c1-17-12-4-2-3-11(9-12)10-5-7-14(8-6-10)13(15)16/h2-4,9-10H,5-8H2,1H3,(H,15,16). The highest BCUT2D eigenvalue weighted by Gasteiger charge is 2.23. The van der Waals surface area contributed by atoms with Crippen molar-refractivity contribution in [1.29, 1.82) is 0 Å². The second-order valence-electron chi connectivity index (χ2n) is 4.32. The van der Waals surface area contributed by atoms with E-state index in [0.29, 0.717) is 19.0 Å². The zero-order chi connectivity index (χ0) is 12.3. The minimum atomic E-state index is -0.811. The van der Waals surface area contributed by atoms with Crippen LogP contribution in [0.1, 0.15) is 24.3 Å². The van der Waals surface area contributed by atoms with Gasteiger partial charge in [-0.05, 0) is 36.5 Å². The summed E-state index contributed by atoms with van der Waals surface area (Å²) in [5.74, 6) is 1.31. The number of carbonyl (C=O) groups is 1. The summed E-state index contributed by atoms with van der Waals surface area (Å²) in [6, 6.07) is 8.04. The smallest absolute Gasteiger partial charge is 0.407 e. The maximum absolute atomic E-state index is 10.8. The molecule has 1 aromatic carbocycles. The number of rotatable bonds is 2. The maximum atomic E-state index is 10.8. The van der Waals surface area contributed by atoms with Crippen molar-refractivity contribution in [2.45, 2.75) is 18.8 Å². The fraction of sp³-hybridized carbons (Fsp3) is 0.462. The SMILES string of the molecule is COc1cccc(C2CCN(C(=O)O)CC2)c1. The summed E-state index contributed by atoms with van der Waals surface area (Å²) in [5, 5.41) is 8.88. The van der Waals surface area contributed by atoms with Crippen LogP contribution in [0.5, 0.6) is 5.75 Å². The second kappa shape index (κ2) is 5.08. The third-order valence-electron chi connectivity index (χ3n) is 3.33. The van der Waals surface area contributed by atoms with Crippen molar-refractivity contribution < 1.29 is 14.6 Å². The number of amides is 1. The molecule has 4 nitrogen and oxygen atoms in total. The van der Waals surface area contributed by atoms with E-state index < -0.39 is 6.09 Å². The van der Waals surface area contributed by atoms with Crippen molar-refractivity contribution in [2.75, 3.05) is 20.2 Å². The maximum Gasteiger partial charge on any atom is 0.407 e. The molecule has 4 heteroatoms. The van der Waals surface area contributed by atoms with E-state index in [1.54, 1.807) is 7.11 Å². The Kier molecular flexibility index (Phi) is 3.52. The number of hydrogen-bond acceptors (Lipinski definition) is 2. The van der Waals surface area contributed by atoms with Crippen molar-refractivity contribution in [1.82, 2.24) is 4.90 Å². The van der Waals surface area contributed by atoms with Gasteiger partial charge < -0.3 is 14.7 Å². The van der Waals surface area contributed by atoms with Gasteiger partial charge in [-0.2, -0.15) is 0 Å². The summed E-state index contributed by atoms with van der Waals surface area (Å²) < 4.78 is 5.20. The lowest BCUT2D eigenvalue weighted by Crippen LogP contribution is -2.36. The molecule has 0 aliphatic carbocycles. The third-order valence-corrected chi connectivity index (χ3v) is 3.33. The van der Waals surface area contributed by atoms with E-state index in [9.17, 15) is 4.79 Å². The number of benzene rings is 1. The van der Waals surface area contributed by atoms with Crippen molar-refractivity contribution in [3.05, 3.63) is 29.8 Å². The second-order valence-corrected chi connectivity index (χ2v) is 4.32. The number of piperidine rings is 1. The Labute approximate surface area is 101 Å². The van der Waals surface area contributed by atoms with Crippen molar-refractivity contribution >= 4 is 6.09 Å². The fourth-order valence-corrected chi connectivity index (χ4v) is 2.30. The van der Waals surface area contributed by atoms with E-state index >= 15 is 0 Å². The Bertz CT molecular complexity index is 397. The summed E-state index contributed by atoms with van der Waals surface area (Å²) >= 11 is 0. The molecule has 1 aliphatic heterocycles. The monoisotopic (exact) mass is 235 g/mol. The lowest BCUT2D eigenvalue weighted by Gasteiger charge is -2.30. The van der Waals surface area contributed by atoms with E-state index in [0.717, 1.165) is 18.6 Å². The summed E-state index contributed by atoms with van der Waals surface area (Å²) in [6.07, 6.45) is 0.966. The minimum absolute atomic E-state index is 0.445. The van der Waals surface area contributed by atoms with Gasteiger partial charge in [0, 0.05) is 13.1 Å². The van der Waals surface area contributed by atoms with Crippen LogP contribution in [0.3, 0.4) is 0 Å². The van der Waals surface area contributed by atoms with Crippen LogP contribution in [0.2, 0.25) is 0 Å². The normalized spacial score (nSPS) is 16.9. The zero-order valence-electron chi connectivity index (χ0n) is 9.93. The Morgan fingerprint density at radius 1 is 1.41 bits per heavy atom. The molecule has 0 saturated carbocycles. The molecule has 1 saturated heterocycles. The average molecular weight is 235 g/mol. The molecule has 1 aliphatic rings. The quantitative estimate of drug-likeness (QED) is 0.857. The van der Waals surface area contributed by atoms with Gasteiger partial charge in [0.25, 0.3) is 0 Å². The molecule has 1 N–H and O–H groups in total. The van der Waals surface area contributed by atoms with Crippen LogP contribution in [0.15, 0.2) is 24.3 Å². The highest BCUT2D eigenvalue weighted by Crippen LogP contribution is 2.29. The van der Waals surface area contributed by atoms with Gasteiger partial charge in [-0.15, -0.1) is 0 Å². The van der Waals surface area contributed by atoms with Crippen molar-refractivity contribution in [3.63, 3.8) is 0 Å². The molecule has 0 radical (unpaired) electrons. The molecule has 0 spiro atoms. The topological polar surface area (TPSA) is 49.8 Å². The predicted octanol–water partition coefficient (Wildman–Crippen LogP) is 2.55. The van der Waals surface area contributed by atoms with Gasteiger partial charge in [0.15, 0.2) is 0 Å². The largest absolute Gasteiger partial charge is 0.497 e. The Morgan fingerprint density at radius 3 is 2.71 bits per heavy atom. The first-order valence-corrected chi connectivity index (χ1v) is 5.82. The van der Waals surface area contributed by atoms with Crippen LogP contribution in [0.25, 0.3) is 0 Å². The lowest BCUT2D eigenvalue weighted by molar-refractivity contribution is 0.132. The molecule has 1 heterocycles. The van der Waals surface area contributed by atoms with E-state index in [2.05, 4.69) is 6.07 Å². The number of hydrogen-bond donors (Lipinski definition) is 1. The number of ether oxygens (including phenoxy) is 1. The van der Waals surface area contributed by atoms with Gasteiger partial charge in [-0.25, -0.2) is 4.79 Å². The first-order chi connectivity index (χ1) is 8.20. The molecule has 17 heavy (non-hydrogen) atoms. The van der Waals surface area contributed by atoms with Gasteiger partial charge in [0.1, 0.15) is 5.75 Å². The third kappa shape index (κ3) is 2.70. The van der Waals surface area contributed by atoms with Crippen LogP contribution in [0.4, 0.5) is 4.79 Å². The summed E-state index contributed by atoms with van der Waals surface area (Å²) in [5.41, 5.74) is 1.24. The van der Waals surface area contributed by atoms with Crippen molar-refractivity contribution in [2.24, 2.45) is 0 Å². The first kappa shape index (κ1) is 11.8. The Hall–Kier alpha value is -1.71. The molecule has 0 bridgehead atoms. The minimum Gasteiger partial charge on any atom is -0.497 e. The molecule has 0 atom stereocenters. The molecule has 1 fully saturated rings. The van der Waals surface area contributed by atoms with Gasteiger partial charge in [-0.3, -0.25) is 0 Å². The zero-order valence-corrected chi connectivity index (χ0v) is 9.93. The van der Waals surface area contributed by atoms with Crippen LogP contribution in [0, 0.1) is 0 Å². The fourth-order valence-electron chi connectivity index (χ4n) is 2.30. The predicted molar refractivity (Wildman–Crippen MR) is 64.6 cm³/mol. The first-order valence-electron chi connectivity index (χ1n) is 5.82. The molecule has 2 rings (SSSR count). The van der Waals surface area contributed by atoms with Crippen LogP contribution in [-0.2, 0) is 0 Å². The van der Waals surface area contributed by atoms with Gasteiger partial charge in [0.05, 0.1) is 7.11 Å². The van der Waals surface area contributed by atoms with Crippen LogP contribution in [-0.4, -0.2) is 36.3 Å². The van der Waals surface area contributed by atoms with Crippen molar-refractivity contribution in [3.8, 4) is 5.75 Å². The summed E-state index contributed by atoms with van der Waals surface area (Å²) in [7, 11) is 1.66. The van der Waals surface area contributed by atoms with Gasteiger partial charge in [-0.1, -0.05) is 12.1 Å². The van der Waals surface area contributed by atoms with E-state index in [1.807, 2.05) is 18.2 Å². The van der Waals surface area contributed by atoms with Gasteiger partial charge in [0.2, 0.25) is 0 Å². The Morgan fingerprint density at radius 2 is 2.12 bits per heavy atom. The van der Waals surface area contributed by atoms with Gasteiger partial charge >= 0.3 is 6.09 Å². The Balaban J connectivity index is 2.02. The van der Waals surface area contributed by atoms with E-state index in [-0.39, 0.29) is 0 Å². The molecule has 92 valence electrons. The molecule has 0 aromatic heterocycles. The summed E-state index contributed by atoms with van der Waals surface area (Å²) in [4.78, 5) is 12.3. The van der Waals surface area contributed by atoms with Crippen LogP contribution < -0.4 is 4.74 Å². The molecule has 1 aromatic rings. The van der Waals surface area contributed by atoms with E-state index in [1.165, 1.54) is 10.5 Å². The average Bonchev–Trinajstić information content (AvgIpc) is 2.39. The number of carboxylic acid groups (broad SMARTS) is 1. The lowest BCUT2D eigenvalue weighted by atomic mass is 9.89. The number of methoxy groups -OCH3 is 1. The highest BCUT2D eigenvalue weighted by molar-refractivity contribution is 5.65. The van der Waals surface area contributed by atoms with Crippen LogP contribution >= 0.6 is 0 Å². The molecule has 1 amide bonds.